The summed E-state index contributed by atoms with van der Waals surface area (Å²) in [6.07, 6.45) is 2.21. The molecule has 0 unspecified atom stereocenters. The molecule has 1 saturated carbocycles. The minimum absolute atomic E-state index is 0.0653. The molecule has 2 fully saturated rings. The van der Waals surface area contributed by atoms with Crippen LogP contribution in [-0.4, -0.2) is 52.0 Å². The van der Waals surface area contributed by atoms with E-state index in [9.17, 15) is 4.79 Å². The van der Waals surface area contributed by atoms with Crippen LogP contribution in [0.4, 0.5) is 0 Å². The summed E-state index contributed by atoms with van der Waals surface area (Å²) in [6.45, 7) is 2.39. The van der Waals surface area contributed by atoms with Gasteiger partial charge < -0.3 is 15.5 Å². The molecule has 2 aromatic rings. The van der Waals surface area contributed by atoms with Crippen LogP contribution in [0.2, 0.25) is 0 Å². The molecular weight excluding hydrogens is 338 g/mol. The van der Waals surface area contributed by atoms with Gasteiger partial charge in [-0.1, -0.05) is 42.1 Å². The number of nitrogen functional groups attached to an aromatic ring is 1. The number of nitrogens with zero attached hydrogens (tertiary/aromatic N) is 4. The second kappa shape index (κ2) is 7.05. The summed E-state index contributed by atoms with van der Waals surface area (Å²) in [7, 11) is 0. The molecule has 7 nitrogen and oxygen atoms in total. The quantitative estimate of drug-likeness (QED) is 0.644. The molecule has 0 bridgehead atoms. The Bertz CT molecular complexity index is 741. The first-order valence-electron chi connectivity index (χ1n) is 8.52. The van der Waals surface area contributed by atoms with Gasteiger partial charge >= 0.3 is 0 Å². The fraction of sp³-hybridized carbons (Fsp3) is 0.471. The number of amides is 1. The second-order valence-electron chi connectivity index (χ2n) is 6.33. The van der Waals surface area contributed by atoms with Gasteiger partial charge in [0.1, 0.15) is 5.25 Å². The number of rotatable bonds is 5. The van der Waals surface area contributed by atoms with Crippen molar-refractivity contribution in [1.29, 1.82) is 0 Å². The molecule has 2 heterocycles. The predicted molar refractivity (Wildman–Crippen MR) is 94.6 cm³/mol. The molecular formula is C17H21N5O2S. The van der Waals surface area contributed by atoms with E-state index in [-0.39, 0.29) is 5.91 Å². The molecule has 1 aromatic carbocycles. The molecule has 8 heteroatoms. The van der Waals surface area contributed by atoms with E-state index in [1.165, 1.54) is 11.8 Å². The van der Waals surface area contributed by atoms with Crippen molar-refractivity contribution in [2.75, 3.05) is 32.1 Å². The van der Waals surface area contributed by atoms with Gasteiger partial charge in [0.05, 0.1) is 13.2 Å². The van der Waals surface area contributed by atoms with Crippen molar-refractivity contribution in [2.45, 2.75) is 29.2 Å². The zero-order valence-electron chi connectivity index (χ0n) is 13.9. The van der Waals surface area contributed by atoms with Crippen molar-refractivity contribution < 1.29 is 9.53 Å². The number of carbonyl (C=O) groups is 1. The summed E-state index contributed by atoms with van der Waals surface area (Å²) >= 11 is 1.37. The number of aromatic nitrogens is 3. The molecule has 1 aliphatic carbocycles. The number of morpholine rings is 1. The molecule has 1 atom stereocenters. The van der Waals surface area contributed by atoms with Crippen LogP contribution in [-0.2, 0) is 9.53 Å². The maximum atomic E-state index is 13.1. The van der Waals surface area contributed by atoms with E-state index >= 15 is 0 Å². The summed E-state index contributed by atoms with van der Waals surface area (Å²) in [5, 5.41) is 8.63. The molecule has 1 aliphatic heterocycles. The third-order valence-corrected chi connectivity index (χ3v) is 5.70. The summed E-state index contributed by atoms with van der Waals surface area (Å²) in [6, 6.07) is 9.77. The Labute approximate surface area is 150 Å². The van der Waals surface area contributed by atoms with Crippen LogP contribution in [0.3, 0.4) is 0 Å². The molecule has 1 amide bonds. The third-order valence-electron chi connectivity index (χ3n) is 4.51. The minimum Gasteiger partial charge on any atom is -0.378 e. The Kier molecular flexibility index (Phi) is 4.63. The van der Waals surface area contributed by atoms with Gasteiger partial charge in [0.25, 0.3) is 0 Å². The molecule has 4 rings (SSSR count). The molecule has 0 radical (unpaired) electrons. The highest BCUT2D eigenvalue weighted by atomic mass is 32.2. The van der Waals surface area contributed by atoms with E-state index in [1.54, 1.807) is 4.68 Å². The van der Waals surface area contributed by atoms with E-state index in [4.69, 9.17) is 10.6 Å². The fourth-order valence-corrected chi connectivity index (χ4v) is 3.98. The Hall–Kier alpha value is -2.06. The van der Waals surface area contributed by atoms with Gasteiger partial charge in [0.15, 0.2) is 5.82 Å². The van der Waals surface area contributed by atoms with Gasteiger partial charge in [0, 0.05) is 19.0 Å². The highest BCUT2D eigenvalue weighted by molar-refractivity contribution is 8.00. The Balaban J connectivity index is 1.60. The maximum absolute atomic E-state index is 13.1. The first kappa shape index (κ1) is 16.4. The Morgan fingerprint density at radius 1 is 1.20 bits per heavy atom. The van der Waals surface area contributed by atoms with Crippen LogP contribution in [0.15, 0.2) is 35.5 Å². The Morgan fingerprint density at radius 2 is 1.92 bits per heavy atom. The third kappa shape index (κ3) is 3.50. The van der Waals surface area contributed by atoms with Gasteiger partial charge in [-0.25, -0.2) is 4.68 Å². The van der Waals surface area contributed by atoms with Crippen LogP contribution >= 0.6 is 11.8 Å². The van der Waals surface area contributed by atoms with Crippen LogP contribution in [0.25, 0.3) is 0 Å². The van der Waals surface area contributed by atoms with E-state index in [0.717, 1.165) is 24.2 Å². The largest absolute Gasteiger partial charge is 0.378 e. The molecule has 2 N–H and O–H groups in total. The first-order valence-corrected chi connectivity index (χ1v) is 9.40. The lowest BCUT2D eigenvalue weighted by atomic mass is 10.1. The van der Waals surface area contributed by atoms with E-state index in [2.05, 4.69) is 10.2 Å². The number of thioether (sulfide) groups is 1. The molecule has 0 spiro atoms. The summed E-state index contributed by atoms with van der Waals surface area (Å²) in [4.78, 5) is 15.0. The van der Waals surface area contributed by atoms with Gasteiger partial charge in [-0.15, -0.1) is 10.2 Å². The van der Waals surface area contributed by atoms with E-state index in [0.29, 0.717) is 37.4 Å². The van der Waals surface area contributed by atoms with Crippen molar-refractivity contribution in [1.82, 2.24) is 19.8 Å². The summed E-state index contributed by atoms with van der Waals surface area (Å²) in [5.41, 5.74) is 0.944. The summed E-state index contributed by atoms with van der Waals surface area (Å²) in [5.74, 6) is 7.47. The van der Waals surface area contributed by atoms with E-state index < -0.39 is 5.25 Å². The standard InChI is InChI=1S/C17H21N5O2S/c18-22-15(13-6-7-13)19-20-17(22)25-14(12-4-2-1-3-5-12)16(23)21-8-10-24-11-9-21/h1-5,13-14H,6-11,18H2/t14-/m0/s1. The number of ether oxygens (including phenoxy) is 1. The van der Waals surface area contributed by atoms with Crippen LogP contribution in [0.1, 0.15) is 35.4 Å². The second-order valence-corrected chi connectivity index (χ2v) is 7.40. The van der Waals surface area contributed by atoms with Crippen molar-refractivity contribution >= 4 is 17.7 Å². The van der Waals surface area contributed by atoms with E-state index in [1.807, 2.05) is 35.2 Å². The average Bonchev–Trinajstić information content (AvgIpc) is 3.44. The molecule has 1 aromatic heterocycles. The highest BCUT2D eigenvalue weighted by Crippen LogP contribution is 2.41. The SMILES string of the molecule is Nn1c(S[C@H](C(=O)N2CCOCC2)c2ccccc2)nnc1C1CC1. The first-order chi connectivity index (χ1) is 12.2. The van der Waals surface area contributed by atoms with Crippen molar-refractivity contribution in [3.8, 4) is 0 Å². The van der Waals surface area contributed by atoms with Crippen molar-refractivity contribution in [3.63, 3.8) is 0 Å². The molecule has 2 aliphatic rings. The molecule has 25 heavy (non-hydrogen) atoms. The minimum atomic E-state index is -0.391. The maximum Gasteiger partial charge on any atom is 0.240 e. The number of hydrogen-bond acceptors (Lipinski definition) is 6. The van der Waals surface area contributed by atoms with Crippen molar-refractivity contribution in [2.24, 2.45) is 0 Å². The van der Waals surface area contributed by atoms with Gasteiger partial charge in [-0.2, -0.15) is 0 Å². The van der Waals surface area contributed by atoms with Crippen LogP contribution < -0.4 is 5.84 Å². The lowest BCUT2D eigenvalue weighted by molar-refractivity contribution is -0.134. The normalized spacial score (nSPS) is 19.0. The van der Waals surface area contributed by atoms with Crippen molar-refractivity contribution in [3.05, 3.63) is 41.7 Å². The Morgan fingerprint density at radius 3 is 2.60 bits per heavy atom. The average molecular weight is 359 g/mol. The zero-order valence-corrected chi connectivity index (χ0v) is 14.7. The number of nitrogens with two attached hydrogens (primary N) is 1. The van der Waals surface area contributed by atoms with Crippen LogP contribution in [0.5, 0.6) is 0 Å². The predicted octanol–water partition coefficient (Wildman–Crippen LogP) is 1.56. The summed E-state index contributed by atoms with van der Waals surface area (Å²) < 4.78 is 6.91. The van der Waals surface area contributed by atoms with Gasteiger partial charge in [-0.05, 0) is 18.4 Å². The lowest BCUT2D eigenvalue weighted by Gasteiger charge is -2.30. The monoisotopic (exact) mass is 359 g/mol. The topological polar surface area (TPSA) is 86.3 Å². The number of carbonyl (C=O) groups excluding carboxylic acids is 1. The highest BCUT2D eigenvalue weighted by Gasteiger charge is 2.33. The smallest absolute Gasteiger partial charge is 0.240 e. The molecule has 1 saturated heterocycles. The number of benzene rings is 1. The molecule has 132 valence electrons. The lowest BCUT2D eigenvalue weighted by Crippen LogP contribution is -2.42. The number of hydrogen-bond donors (Lipinski definition) is 1. The fourth-order valence-electron chi connectivity index (χ4n) is 2.93. The van der Waals surface area contributed by atoms with Gasteiger partial charge in [0.2, 0.25) is 11.1 Å². The zero-order chi connectivity index (χ0) is 17.2. The van der Waals surface area contributed by atoms with Gasteiger partial charge in [-0.3, -0.25) is 4.79 Å². The van der Waals surface area contributed by atoms with Crippen LogP contribution in [0, 0.1) is 0 Å².